The number of halogens is 1. The number of aromatic nitrogens is 4. The number of para-hydroxylation sites is 1. The van der Waals surface area contributed by atoms with Crippen LogP contribution in [0.3, 0.4) is 0 Å². The van der Waals surface area contributed by atoms with Gasteiger partial charge in [-0.15, -0.1) is 0 Å². The number of rotatable bonds is 5. The maximum atomic E-state index is 14.2. The molecular weight excluding hydrogens is 381 g/mol. The van der Waals surface area contributed by atoms with Crippen LogP contribution in [-0.2, 0) is 0 Å². The van der Waals surface area contributed by atoms with Crippen LogP contribution in [0, 0.1) is 5.82 Å². The molecule has 0 unspecified atom stereocenters. The highest BCUT2D eigenvalue weighted by Gasteiger charge is 2.25. The second kappa shape index (κ2) is 8.18. The lowest BCUT2D eigenvalue weighted by Gasteiger charge is -2.26. The van der Waals surface area contributed by atoms with Crippen molar-refractivity contribution in [2.24, 2.45) is 5.73 Å². The number of nitrogens with zero attached hydrogens (tertiary/aromatic N) is 4. The lowest BCUT2D eigenvalue weighted by atomic mass is 9.92. The molecule has 3 aromatic rings. The normalized spacial score (nSPS) is 22.5. The SMILES string of the molecule is N[C@H]1CC[C@@H](Nc2ncc3nc(Nc4ccccc4F)n(C4CCCC4)c3n2)CC1. The second-order valence-corrected chi connectivity index (χ2v) is 8.51. The maximum Gasteiger partial charge on any atom is 0.224 e. The third kappa shape index (κ3) is 3.84. The first kappa shape index (κ1) is 19.2. The van der Waals surface area contributed by atoms with E-state index in [0.717, 1.165) is 49.7 Å². The molecule has 8 heteroatoms. The summed E-state index contributed by atoms with van der Waals surface area (Å²) in [5.74, 6) is 0.947. The van der Waals surface area contributed by atoms with Gasteiger partial charge in [-0.3, -0.25) is 4.57 Å². The van der Waals surface area contributed by atoms with Crippen molar-refractivity contribution >= 4 is 28.7 Å². The van der Waals surface area contributed by atoms with Crippen LogP contribution >= 0.6 is 0 Å². The Balaban J connectivity index is 1.49. The Labute approximate surface area is 175 Å². The fourth-order valence-corrected chi connectivity index (χ4v) is 4.69. The predicted molar refractivity (Wildman–Crippen MR) is 116 cm³/mol. The predicted octanol–water partition coefficient (Wildman–Crippen LogP) is 4.51. The molecule has 4 N–H and O–H groups in total. The Morgan fingerprint density at radius 3 is 2.53 bits per heavy atom. The Morgan fingerprint density at radius 2 is 1.77 bits per heavy atom. The summed E-state index contributed by atoms with van der Waals surface area (Å²) < 4.78 is 16.4. The van der Waals surface area contributed by atoms with Gasteiger partial charge in [-0.2, -0.15) is 4.98 Å². The fraction of sp³-hybridized carbons (Fsp3) is 0.500. The first-order chi connectivity index (χ1) is 14.7. The average molecular weight is 410 g/mol. The first-order valence-electron chi connectivity index (χ1n) is 11.0. The van der Waals surface area contributed by atoms with Crippen molar-refractivity contribution < 1.29 is 4.39 Å². The zero-order valence-corrected chi connectivity index (χ0v) is 17.0. The van der Waals surface area contributed by atoms with Gasteiger partial charge in [0.15, 0.2) is 5.65 Å². The lowest BCUT2D eigenvalue weighted by molar-refractivity contribution is 0.410. The molecule has 0 spiro atoms. The van der Waals surface area contributed by atoms with Crippen molar-refractivity contribution in [3.05, 3.63) is 36.3 Å². The van der Waals surface area contributed by atoms with Crippen LogP contribution in [-0.4, -0.2) is 31.6 Å². The molecule has 0 aliphatic heterocycles. The Kier molecular flexibility index (Phi) is 5.25. The quantitative estimate of drug-likeness (QED) is 0.574. The van der Waals surface area contributed by atoms with E-state index in [0.29, 0.717) is 35.7 Å². The van der Waals surface area contributed by atoms with Crippen LogP contribution in [0.2, 0.25) is 0 Å². The summed E-state index contributed by atoms with van der Waals surface area (Å²) in [6, 6.07) is 7.62. The van der Waals surface area contributed by atoms with Crippen LogP contribution in [0.5, 0.6) is 0 Å². The van der Waals surface area contributed by atoms with Crippen LogP contribution in [0.15, 0.2) is 30.5 Å². The van der Waals surface area contributed by atoms with E-state index in [-0.39, 0.29) is 5.82 Å². The van der Waals surface area contributed by atoms with Crippen molar-refractivity contribution in [3.63, 3.8) is 0 Å². The summed E-state index contributed by atoms with van der Waals surface area (Å²) in [5, 5.41) is 6.67. The van der Waals surface area contributed by atoms with Gasteiger partial charge in [-0.25, -0.2) is 14.4 Å². The van der Waals surface area contributed by atoms with Crippen LogP contribution in [0.1, 0.15) is 57.4 Å². The molecule has 0 bridgehead atoms. The third-order valence-corrected chi connectivity index (χ3v) is 6.35. The molecule has 7 nitrogen and oxygen atoms in total. The molecule has 0 amide bonds. The number of nitrogens with one attached hydrogen (secondary N) is 2. The average Bonchev–Trinajstić information content (AvgIpc) is 3.38. The van der Waals surface area contributed by atoms with E-state index in [1.54, 1.807) is 18.3 Å². The van der Waals surface area contributed by atoms with Gasteiger partial charge < -0.3 is 16.4 Å². The summed E-state index contributed by atoms with van der Waals surface area (Å²) in [4.78, 5) is 14.0. The molecule has 0 atom stereocenters. The number of hydrogen-bond donors (Lipinski definition) is 3. The molecule has 5 rings (SSSR count). The Hall–Kier alpha value is -2.74. The van der Waals surface area contributed by atoms with Gasteiger partial charge in [-0.1, -0.05) is 25.0 Å². The number of imidazole rings is 1. The van der Waals surface area contributed by atoms with Gasteiger partial charge in [0.05, 0.1) is 11.9 Å². The van der Waals surface area contributed by atoms with E-state index in [1.165, 1.54) is 18.9 Å². The molecule has 2 heterocycles. The minimum absolute atomic E-state index is 0.300. The van der Waals surface area contributed by atoms with E-state index in [1.807, 2.05) is 6.07 Å². The molecule has 2 saturated carbocycles. The van der Waals surface area contributed by atoms with Gasteiger partial charge in [0, 0.05) is 18.1 Å². The van der Waals surface area contributed by atoms with E-state index in [4.69, 9.17) is 15.7 Å². The third-order valence-electron chi connectivity index (χ3n) is 6.35. The van der Waals surface area contributed by atoms with Crippen molar-refractivity contribution in [2.75, 3.05) is 10.6 Å². The van der Waals surface area contributed by atoms with Crippen molar-refractivity contribution in [1.82, 2.24) is 19.5 Å². The summed E-state index contributed by atoms with van der Waals surface area (Å²) >= 11 is 0. The molecule has 158 valence electrons. The number of hydrogen-bond acceptors (Lipinski definition) is 6. The lowest BCUT2D eigenvalue weighted by Crippen LogP contribution is -2.33. The zero-order chi connectivity index (χ0) is 20.5. The summed E-state index contributed by atoms with van der Waals surface area (Å²) in [6.45, 7) is 0. The monoisotopic (exact) mass is 409 g/mol. The highest BCUT2D eigenvalue weighted by molar-refractivity contribution is 5.76. The molecule has 2 aromatic heterocycles. The molecular formula is C22H28FN7. The maximum absolute atomic E-state index is 14.2. The first-order valence-corrected chi connectivity index (χ1v) is 11.0. The Bertz CT molecular complexity index is 1020. The van der Waals surface area contributed by atoms with Crippen LogP contribution in [0.4, 0.5) is 22.0 Å². The number of anilines is 3. The van der Waals surface area contributed by atoms with E-state index in [2.05, 4.69) is 20.2 Å². The topological polar surface area (TPSA) is 93.7 Å². The second-order valence-electron chi connectivity index (χ2n) is 8.51. The van der Waals surface area contributed by atoms with E-state index < -0.39 is 0 Å². The minimum atomic E-state index is -0.300. The van der Waals surface area contributed by atoms with E-state index >= 15 is 0 Å². The Morgan fingerprint density at radius 1 is 1.00 bits per heavy atom. The largest absolute Gasteiger partial charge is 0.351 e. The van der Waals surface area contributed by atoms with Gasteiger partial charge in [0.2, 0.25) is 11.9 Å². The molecule has 0 saturated heterocycles. The molecule has 2 fully saturated rings. The minimum Gasteiger partial charge on any atom is -0.351 e. The molecule has 1 aromatic carbocycles. The van der Waals surface area contributed by atoms with Crippen LogP contribution < -0.4 is 16.4 Å². The van der Waals surface area contributed by atoms with E-state index in [9.17, 15) is 4.39 Å². The molecule has 2 aliphatic carbocycles. The standard InChI is InChI=1S/C22H28FN7/c23-17-7-3-4-8-18(17)27-22-28-19-13-25-21(26-15-11-9-14(24)10-12-15)29-20(19)30(22)16-5-1-2-6-16/h3-4,7-8,13-16H,1-2,5-6,9-12,24H2,(H,27,28)(H,25,26,29)/t14-,15+. The van der Waals surface area contributed by atoms with Gasteiger partial charge in [0.25, 0.3) is 0 Å². The molecule has 30 heavy (non-hydrogen) atoms. The summed E-state index contributed by atoms with van der Waals surface area (Å²) in [7, 11) is 0. The van der Waals surface area contributed by atoms with Crippen molar-refractivity contribution in [3.8, 4) is 0 Å². The van der Waals surface area contributed by atoms with Gasteiger partial charge in [-0.05, 0) is 50.7 Å². The number of nitrogens with two attached hydrogens (primary N) is 1. The highest BCUT2D eigenvalue weighted by atomic mass is 19.1. The number of benzene rings is 1. The smallest absolute Gasteiger partial charge is 0.224 e. The molecule has 2 aliphatic rings. The van der Waals surface area contributed by atoms with Crippen molar-refractivity contribution in [2.45, 2.75) is 69.5 Å². The highest BCUT2D eigenvalue weighted by Crippen LogP contribution is 2.36. The molecule has 0 radical (unpaired) electrons. The van der Waals surface area contributed by atoms with Gasteiger partial charge >= 0.3 is 0 Å². The zero-order valence-electron chi connectivity index (χ0n) is 17.0. The van der Waals surface area contributed by atoms with Gasteiger partial charge in [0.1, 0.15) is 11.3 Å². The summed E-state index contributed by atoms with van der Waals surface area (Å²) in [5.41, 5.74) is 7.96. The summed E-state index contributed by atoms with van der Waals surface area (Å²) in [6.07, 6.45) is 10.4. The van der Waals surface area contributed by atoms with Crippen LogP contribution in [0.25, 0.3) is 11.2 Å². The fourth-order valence-electron chi connectivity index (χ4n) is 4.69. The van der Waals surface area contributed by atoms with Crippen molar-refractivity contribution in [1.29, 1.82) is 0 Å². The number of fused-ring (bicyclic) bond motifs is 1.